The Morgan fingerprint density at radius 1 is 0.958 bits per heavy atom. The van der Waals surface area contributed by atoms with Gasteiger partial charge in [-0.15, -0.1) is 0 Å². The van der Waals surface area contributed by atoms with E-state index in [-0.39, 0.29) is 16.6 Å². The van der Waals surface area contributed by atoms with Crippen LogP contribution in [0.4, 0.5) is 0 Å². The predicted molar refractivity (Wildman–Crippen MR) is 97.5 cm³/mol. The van der Waals surface area contributed by atoms with Crippen molar-refractivity contribution in [2.24, 2.45) is 17.3 Å². The second-order valence-corrected chi connectivity index (χ2v) is 8.66. The van der Waals surface area contributed by atoms with Gasteiger partial charge in [-0.3, -0.25) is 9.59 Å². The highest BCUT2D eigenvalue weighted by Gasteiger charge is 2.34. The molecule has 0 saturated heterocycles. The van der Waals surface area contributed by atoms with Crippen molar-refractivity contribution in [2.75, 3.05) is 0 Å². The molecule has 1 saturated carbocycles. The van der Waals surface area contributed by atoms with E-state index in [0.717, 1.165) is 18.8 Å². The number of rotatable bonds is 2. The first-order valence-electron chi connectivity index (χ1n) is 8.86. The van der Waals surface area contributed by atoms with E-state index in [1.54, 1.807) is 24.3 Å². The lowest BCUT2D eigenvalue weighted by Crippen LogP contribution is -2.27. The number of halogens is 1. The van der Waals surface area contributed by atoms with Crippen LogP contribution in [-0.2, 0) is 0 Å². The molecular formula is C21H25ClO2. The third-order valence-corrected chi connectivity index (χ3v) is 6.12. The number of carbonyl (C=O) groups is 2. The fourth-order valence-corrected chi connectivity index (χ4v) is 4.36. The summed E-state index contributed by atoms with van der Waals surface area (Å²) >= 11 is 6.29. The minimum absolute atomic E-state index is 0.0619. The molecule has 1 fully saturated rings. The summed E-state index contributed by atoms with van der Waals surface area (Å²) in [5.74, 6) is 0.926. The van der Waals surface area contributed by atoms with Crippen LogP contribution in [0.1, 0.15) is 73.6 Å². The van der Waals surface area contributed by atoms with E-state index in [9.17, 15) is 9.59 Å². The summed E-state index contributed by atoms with van der Waals surface area (Å²) in [4.78, 5) is 25.2. The van der Waals surface area contributed by atoms with Crippen molar-refractivity contribution < 1.29 is 9.59 Å². The average molecular weight is 345 g/mol. The van der Waals surface area contributed by atoms with Gasteiger partial charge in [0.2, 0.25) is 5.78 Å². The third kappa shape index (κ3) is 3.21. The van der Waals surface area contributed by atoms with Crippen molar-refractivity contribution in [3.63, 3.8) is 0 Å². The number of hydrogen-bond acceptors (Lipinski definition) is 2. The molecule has 3 heteroatoms. The second kappa shape index (κ2) is 6.48. The van der Waals surface area contributed by atoms with E-state index in [1.165, 1.54) is 12.8 Å². The molecule has 2 aliphatic carbocycles. The maximum absolute atomic E-state index is 12.8. The highest BCUT2D eigenvalue weighted by atomic mass is 35.5. The molecule has 128 valence electrons. The first kappa shape index (κ1) is 17.4. The Balaban J connectivity index is 1.76. The molecule has 0 amide bonds. The molecule has 0 spiro atoms. The fourth-order valence-electron chi connectivity index (χ4n) is 4.10. The molecule has 24 heavy (non-hydrogen) atoms. The zero-order valence-electron chi connectivity index (χ0n) is 14.7. The molecular weight excluding hydrogens is 320 g/mol. The van der Waals surface area contributed by atoms with Gasteiger partial charge in [-0.05, 0) is 49.4 Å². The zero-order valence-corrected chi connectivity index (χ0v) is 15.5. The summed E-state index contributed by atoms with van der Waals surface area (Å²) in [7, 11) is 0. The Bertz CT molecular complexity index is 701. The van der Waals surface area contributed by atoms with Gasteiger partial charge >= 0.3 is 0 Å². The van der Waals surface area contributed by atoms with Crippen LogP contribution in [0.25, 0.3) is 0 Å². The number of Topliss-reactive ketones (excluding diaryl/α,β-unsaturated/α-hetero) is 2. The van der Waals surface area contributed by atoms with Crippen LogP contribution in [-0.4, -0.2) is 11.6 Å². The van der Waals surface area contributed by atoms with Gasteiger partial charge in [-0.25, -0.2) is 0 Å². The molecule has 0 heterocycles. The van der Waals surface area contributed by atoms with Gasteiger partial charge in [0.15, 0.2) is 5.78 Å². The summed E-state index contributed by atoms with van der Waals surface area (Å²) in [6, 6.07) is 6.99. The molecule has 1 aromatic rings. The van der Waals surface area contributed by atoms with Crippen LogP contribution in [0.15, 0.2) is 34.9 Å². The van der Waals surface area contributed by atoms with Crippen LogP contribution < -0.4 is 0 Å². The van der Waals surface area contributed by atoms with Crippen molar-refractivity contribution in [1.29, 1.82) is 0 Å². The van der Waals surface area contributed by atoms with Crippen molar-refractivity contribution >= 4 is 23.2 Å². The standard InChI is InChI=1S/C21H25ClO2/c1-21(2,3)14-10-8-13(9-11-14)12-17-18(22)20(24)16-7-5-4-6-15(16)19(17)23/h4-7,13-14H,8-12H2,1-3H3/t13-,14+. The van der Waals surface area contributed by atoms with Crippen LogP contribution in [0.3, 0.4) is 0 Å². The number of fused-ring (bicyclic) bond motifs is 1. The highest BCUT2D eigenvalue weighted by molar-refractivity contribution is 6.50. The van der Waals surface area contributed by atoms with Gasteiger partial charge in [0.05, 0.1) is 5.03 Å². The maximum Gasteiger partial charge on any atom is 0.205 e. The fraction of sp³-hybridized carbons (Fsp3) is 0.524. The lowest BCUT2D eigenvalue weighted by atomic mass is 9.68. The minimum atomic E-state index is -0.203. The molecule has 3 rings (SSSR count). The number of allylic oxidation sites excluding steroid dienone is 2. The molecule has 2 nitrogen and oxygen atoms in total. The molecule has 0 unspecified atom stereocenters. The number of carbonyl (C=O) groups excluding carboxylic acids is 2. The SMILES string of the molecule is CC(C)(C)[C@H]1CC[C@@H](CC2=C(Cl)C(=O)c3ccccc3C2=O)CC1. The first-order valence-corrected chi connectivity index (χ1v) is 9.24. The smallest absolute Gasteiger partial charge is 0.205 e. The number of hydrogen-bond donors (Lipinski definition) is 0. The van der Waals surface area contributed by atoms with E-state index >= 15 is 0 Å². The Hall–Kier alpha value is -1.41. The Labute approximate surface area is 149 Å². The Kier molecular flexibility index (Phi) is 4.70. The Morgan fingerprint density at radius 2 is 1.50 bits per heavy atom. The second-order valence-electron chi connectivity index (χ2n) is 8.28. The van der Waals surface area contributed by atoms with Crippen molar-refractivity contribution in [3.05, 3.63) is 46.0 Å². The molecule has 0 bridgehead atoms. The van der Waals surface area contributed by atoms with Gasteiger partial charge in [-0.2, -0.15) is 0 Å². The zero-order chi connectivity index (χ0) is 17.5. The Morgan fingerprint density at radius 3 is 2.04 bits per heavy atom. The molecule has 2 aliphatic rings. The van der Waals surface area contributed by atoms with Crippen molar-refractivity contribution in [3.8, 4) is 0 Å². The van der Waals surface area contributed by atoms with E-state index in [1.807, 2.05) is 0 Å². The molecule has 0 aliphatic heterocycles. The van der Waals surface area contributed by atoms with Crippen LogP contribution >= 0.6 is 11.6 Å². The van der Waals surface area contributed by atoms with E-state index in [2.05, 4.69) is 20.8 Å². The predicted octanol–water partition coefficient (Wildman–Crippen LogP) is 5.80. The molecule has 0 N–H and O–H groups in total. The van der Waals surface area contributed by atoms with Crippen LogP contribution in [0, 0.1) is 17.3 Å². The molecule has 0 aromatic heterocycles. The first-order chi connectivity index (χ1) is 11.3. The monoisotopic (exact) mass is 344 g/mol. The summed E-state index contributed by atoms with van der Waals surface area (Å²) in [6.45, 7) is 6.91. The molecule has 0 radical (unpaired) electrons. The van der Waals surface area contributed by atoms with E-state index < -0.39 is 0 Å². The lowest BCUT2D eigenvalue weighted by Gasteiger charge is -2.37. The van der Waals surface area contributed by atoms with Gasteiger partial charge < -0.3 is 0 Å². The largest absolute Gasteiger partial charge is 0.289 e. The topological polar surface area (TPSA) is 34.1 Å². The average Bonchev–Trinajstić information content (AvgIpc) is 2.56. The van der Waals surface area contributed by atoms with Crippen LogP contribution in [0.2, 0.25) is 0 Å². The van der Waals surface area contributed by atoms with E-state index in [4.69, 9.17) is 11.6 Å². The third-order valence-electron chi connectivity index (χ3n) is 5.72. The summed E-state index contributed by atoms with van der Waals surface area (Å²) in [6.07, 6.45) is 5.24. The summed E-state index contributed by atoms with van der Waals surface area (Å²) < 4.78 is 0. The number of benzene rings is 1. The van der Waals surface area contributed by atoms with Crippen molar-refractivity contribution in [2.45, 2.75) is 52.9 Å². The van der Waals surface area contributed by atoms with Gasteiger partial charge in [0.25, 0.3) is 0 Å². The van der Waals surface area contributed by atoms with Gasteiger partial charge in [0.1, 0.15) is 0 Å². The molecule has 1 aromatic carbocycles. The van der Waals surface area contributed by atoms with Gasteiger partial charge in [-0.1, -0.05) is 56.6 Å². The van der Waals surface area contributed by atoms with E-state index in [0.29, 0.717) is 34.5 Å². The normalized spacial score (nSPS) is 25.0. The highest BCUT2D eigenvalue weighted by Crippen LogP contribution is 2.42. The summed E-state index contributed by atoms with van der Waals surface area (Å²) in [5, 5.41) is 0.136. The quantitative estimate of drug-likeness (QED) is 0.679. The van der Waals surface area contributed by atoms with Gasteiger partial charge in [0, 0.05) is 16.7 Å². The maximum atomic E-state index is 12.8. The minimum Gasteiger partial charge on any atom is -0.289 e. The van der Waals surface area contributed by atoms with Crippen molar-refractivity contribution in [1.82, 2.24) is 0 Å². The lowest BCUT2D eigenvalue weighted by molar-refractivity contribution is 0.0969. The number of ketones is 2. The molecule has 0 atom stereocenters. The summed E-state index contributed by atoms with van der Waals surface area (Å²) in [5.41, 5.74) is 1.81. The van der Waals surface area contributed by atoms with Crippen LogP contribution in [0.5, 0.6) is 0 Å².